The van der Waals surface area contributed by atoms with Crippen LogP contribution in [0.25, 0.3) is 0 Å². The Morgan fingerprint density at radius 3 is 2.91 bits per heavy atom. The number of carbonyl (C=O) groups excluding carboxylic acids is 1. The predicted molar refractivity (Wildman–Crippen MR) is 85.8 cm³/mol. The number of benzene rings is 1. The second-order valence-electron chi connectivity index (χ2n) is 5.69. The quantitative estimate of drug-likeness (QED) is 0.667. The molecule has 0 amide bonds. The molecule has 0 spiro atoms. The Balaban J connectivity index is 1.99. The molecule has 0 saturated carbocycles. The van der Waals surface area contributed by atoms with Crippen molar-refractivity contribution < 1.29 is 15.2 Å². The maximum Gasteiger partial charge on any atom is 0.164 e. The maximum atomic E-state index is 11.5. The molecule has 1 fully saturated rings. The van der Waals surface area contributed by atoms with Crippen molar-refractivity contribution in [3.63, 3.8) is 0 Å². The van der Waals surface area contributed by atoms with Gasteiger partial charge in [-0.1, -0.05) is 6.07 Å². The van der Waals surface area contributed by atoms with Gasteiger partial charge in [0.05, 0.1) is 6.04 Å². The van der Waals surface area contributed by atoms with Crippen LogP contribution in [0.1, 0.15) is 41.2 Å². The summed E-state index contributed by atoms with van der Waals surface area (Å²) in [5.41, 5.74) is 2.45. The van der Waals surface area contributed by atoms with E-state index in [1.54, 1.807) is 18.3 Å². The van der Waals surface area contributed by atoms with Crippen molar-refractivity contribution in [2.45, 2.75) is 25.3 Å². The van der Waals surface area contributed by atoms with Crippen LogP contribution < -0.4 is 10.1 Å². The smallest absolute Gasteiger partial charge is 0.164 e. The number of hydrogen-bond donors (Lipinski definition) is 2. The zero-order valence-corrected chi connectivity index (χ0v) is 12.7. The number of anilines is 1. The highest BCUT2D eigenvalue weighted by molar-refractivity contribution is 5.86. The first-order valence-corrected chi connectivity index (χ1v) is 7.70. The van der Waals surface area contributed by atoms with E-state index >= 15 is 0 Å². The van der Waals surface area contributed by atoms with Gasteiger partial charge in [0, 0.05) is 42.3 Å². The molecule has 2 unspecified atom stereocenters. The van der Waals surface area contributed by atoms with Gasteiger partial charge < -0.3 is 10.1 Å². The third kappa shape index (κ3) is 3.24. The van der Waals surface area contributed by atoms with E-state index in [0.29, 0.717) is 5.56 Å². The number of nitrogens with one attached hydrogen (secondary N) is 1. The molecule has 0 aliphatic carbocycles. The number of piperidine rings is 1. The van der Waals surface area contributed by atoms with Crippen molar-refractivity contribution in [2.24, 2.45) is 0 Å². The summed E-state index contributed by atoms with van der Waals surface area (Å²) in [6.07, 6.45) is 7.50. The van der Waals surface area contributed by atoms with E-state index in [2.05, 4.69) is 9.88 Å². The Bertz CT molecular complexity index is 676. The van der Waals surface area contributed by atoms with Crippen molar-refractivity contribution in [3.8, 4) is 0 Å². The molecule has 1 aliphatic heterocycles. The molecular formula is C17H19N3O3. The van der Waals surface area contributed by atoms with Gasteiger partial charge in [-0.3, -0.25) is 9.78 Å². The van der Waals surface area contributed by atoms with Gasteiger partial charge >= 0.3 is 0 Å². The number of carbonyl (C=O) groups is 1. The van der Waals surface area contributed by atoms with Crippen molar-refractivity contribution >= 4 is 17.7 Å². The molecule has 1 aromatic heterocycles. The molecule has 3 rings (SSSR count). The van der Waals surface area contributed by atoms with Crippen molar-refractivity contribution in [2.75, 3.05) is 11.4 Å². The first kappa shape index (κ1) is 15.6. The summed E-state index contributed by atoms with van der Waals surface area (Å²) in [4.78, 5) is 17.8. The lowest BCUT2D eigenvalue weighted by Crippen LogP contribution is -2.99. The molecule has 0 radical (unpaired) electrons. The summed E-state index contributed by atoms with van der Waals surface area (Å²) in [5, 5.41) is 19.2. The minimum absolute atomic E-state index is 0.130. The van der Waals surface area contributed by atoms with Crippen LogP contribution in [0, 0.1) is 5.21 Å². The van der Waals surface area contributed by atoms with Crippen LogP contribution in [0.3, 0.4) is 0 Å². The van der Waals surface area contributed by atoms with Crippen LogP contribution in [0.15, 0.2) is 42.7 Å². The Hall–Kier alpha value is -2.28. The number of rotatable bonds is 4. The summed E-state index contributed by atoms with van der Waals surface area (Å²) >= 11 is 0. The van der Waals surface area contributed by atoms with Crippen LogP contribution in [0.2, 0.25) is 0 Å². The number of hydrogen-bond acceptors (Lipinski definition) is 5. The van der Waals surface area contributed by atoms with E-state index in [9.17, 15) is 10.0 Å². The van der Waals surface area contributed by atoms with E-state index in [1.165, 1.54) is 6.07 Å². The second-order valence-corrected chi connectivity index (χ2v) is 5.69. The molecule has 1 aromatic carbocycles. The fourth-order valence-corrected chi connectivity index (χ4v) is 3.18. The minimum Gasteiger partial charge on any atom is -0.595 e. The Kier molecular flexibility index (Phi) is 4.66. The number of aromatic nitrogens is 1. The molecule has 2 N–H and O–H groups in total. The molecule has 2 atom stereocenters. The average molecular weight is 313 g/mol. The standard InChI is InChI=1S/C17H19N3O3/c21-12-14-10-15(20(22)23)6-7-17(14)19-9-2-1-5-16(19)13-4-3-8-18-11-13/h3-4,6-8,10-12,16,20,22H,1-2,5,9H2. The molecule has 1 aliphatic rings. The third-order valence-corrected chi connectivity index (χ3v) is 4.28. The topological polar surface area (TPSA) is 80.9 Å². The molecule has 6 nitrogen and oxygen atoms in total. The normalized spacial score (nSPS) is 19.4. The van der Waals surface area contributed by atoms with Gasteiger partial charge in [0.2, 0.25) is 0 Å². The van der Waals surface area contributed by atoms with Crippen LogP contribution in [-0.4, -0.2) is 23.0 Å². The summed E-state index contributed by atoms with van der Waals surface area (Å²) in [5.74, 6) is 0. The Morgan fingerprint density at radius 2 is 2.22 bits per heavy atom. The third-order valence-electron chi connectivity index (χ3n) is 4.28. The molecule has 2 aromatic rings. The largest absolute Gasteiger partial charge is 0.595 e. The molecule has 23 heavy (non-hydrogen) atoms. The predicted octanol–water partition coefficient (Wildman–Crippen LogP) is 2.03. The average Bonchev–Trinajstić information content (AvgIpc) is 2.62. The molecule has 120 valence electrons. The maximum absolute atomic E-state index is 11.5. The first-order chi connectivity index (χ1) is 11.2. The van der Waals surface area contributed by atoms with E-state index in [0.717, 1.165) is 43.3 Å². The fraction of sp³-hybridized carbons (Fsp3) is 0.294. The summed E-state index contributed by atoms with van der Waals surface area (Å²) in [6, 6.07) is 8.85. The van der Waals surface area contributed by atoms with Gasteiger partial charge in [0.25, 0.3) is 0 Å². The van der Waals surface area contributed by atoms with Crippen molar-refractivity contribution in [3.05, 3.63) is 59.1 Å². The van der Waals surface area contributed by atoms with Gasteiger partial charge in [-0.25, -0.2) is 5.21 Å². The SMILES string of the molecule is O=Cc1cc([NH+]([O-])O)ccc1N1CCCCC1c1cccnc1. The van der Waals surface area contributed by atoms with Crippen LogP contribution >= 0.6 is 0 Å². The fourth-order valence-electron chi connectivity index (χ4n) is 3.18. The second kappa shape index (κ2) is 6.87. The van der Waals surface area contributed by atoms with Crippen molar-refractivity contribution in [1.82, 2.24) is 4.98 Å². The summed E-state index contributed by atoms with van der Waals surface area (Å²) in [6.45, 7) is 0.840. The molecule has 2 heterocycles. The summed E-state index contributed by atoms with van der Waals surface area (Å²) < 4.78 is 0. The van der Waals surface area contributed by atoms with Crippen LogP contribution in [0.4, 0.5) is 11.4 Å². The van der Waals surface area contributed by atoms with Gasteiger partial charge in [-0.05, 0) is 37.0 Å². The van der Waals surface area contributed by atoms with E-state index in [4.69, 9.17) is 5.21 Å². The molecule has 6 heteroatoms. The Labute approximate surface area is 134 Å². The van der Waals surface area contributed by atoms with Gasteiger partial charge in [0.15, 0.2) is 12.0 Å². The molecule has 1 saturated heterocycles. The zero-order chi connectivity index (χ0) is 16.2. The Morgan fingerprint density at radius 1 is 1.35 bits per heavy atom. The van der Waals surface area contributed by atoms with Crippen LogP contribution in [-0.2, 0) is 0 Å². The van der Waals surface area contributed by atoms with Gasteiger partial charge in [0.1, 0.15) is 0 Å². The lowest BCUT2D eigenvalue weighted by molar-refractivity contribution is -0.991. The monoisotopic (exact) mass is 313 g/mol. The summed E-state index contributed by atoms with van der Waals surface area (Å²) in [7, 11) is 0. The first-order valence-electron chi connectivity index (χ1n) is 7.70. The highest BCUT2D eigenvalue weighted by Gasteiger charge is 2.26. The van der Waals surface area contributed by atoms with Gasteiger partial charge in [-0.15, -0.1) is 0 Å². The number of pyridine rings is 1. The molecule has 0 bridgehead atoms. The van der Waals surface area contributed by atoms with E-state index in [-0.39, 0.29) is 11.7 Å². The minimum atomic E-state index is -1.03. The number of quaternary nitrogens is 1. The lowest BCUT2D eigenvalue weighted by Gasteiger charge is -2.38. The lowest BCUT2D eigenvalue weighted by atomic mass is 9.95. The van der Waals surface area contributed by atoms with E-state index < -0.39 is 5.23 Å². The zero-order valence-electron chi connectivity index (χ0n) is 12.7. The van der Waals surface area contributed by atoms with Crippen LogP contribution in [0.5, 0.6) is 0 Å². The van der Waals surface area contributed by atoms with Crippen molar-refractivity contribution in [1.29, 1.82) is 0 Å². The number of nitrogens with zero attached hydrogens (tertiary/aromatic N) is 2. The van der Waals surface area contributed by atoms with E-state index in [1.807, 2.05) is 18.3 Å². The molecular weight excluding hydrogens is 294 g/mol. The highest BCUT2D eigenvalue weighted by atomic mass is 16.8. The number of aldehydes is 1. The highest BCUT2D eigenvalue weighted by Crippen LogP contribution is 2.36. The van der Waals surface area contributed by atoms with Gasteiger partial charge in [-0.2, -0.15) is 5.23 Å².